The fourth-order valence-electron chi connectivity index (χ4n) is 4.14. The Morgan fingerprint density at radius 2 is 1.82 bits per heavy atom. The van der Waals surface area contributed by atoms with Crippen molar-refractivity contribution < 1.29 is 22.1 Å². The van der Waals surface area contributed by atoms with Crippen LogP contribution in [0.4, 0.5) is 15.8 Å². The molecule has 8 nitrogen and oxygen atoms in total. The number of carbonyl (C=O) groups excluding carboxylic acids is 1. The minimum absolute atomic E-state index is 0.00306. The fraction of sp³-hybridized carbons (Fsp3) is 0.241. The average molecular weight is 551 g/mol. The van der Waals surface area contributed by atoms with E-state index >= 15 is 0 Å². The van der Waals surface area contributed by atoms with Crippen LogP contribution >= 0.6 is 0 Å². The van der Waals surface area contributed by atoms with Gasteiger partial charge in [0, 0.05) is 42.4 Å². The van der Waals surface area contributed by atoms with Crippen LogP contribution in [0.1, 0.15) is 40.0 Å². The van der Waals surface area contributed by atoms with E-state index in [0.717, 1.165) is 21.7 Å². The predicted molar refractivity (Wildman–Crippen MR) is 151 cm³/mol. The van der Waals surface area contributed by atoms with Gasteiger partial charge in [-0.3, -0.25) is 9.10 Å². The van der Waals surface area contributed by atoms with Crippen molar-refractivity contribution in [2.24, 2.45) is 0 Å². The summed E-state index contributed by atoms with van der Waals surface area (Å²) in [6, 6.07) is 20.3. The Hall–Kier alpha value is -4.18. The number of nitrogens with one attached hydrogen (secondary N) is 1. The standard InChI is InChI=1S/C29H31FN4O4S/c1-19(14-21-6-4-5-7-26(21)31)27-18-28(38-33-27)22-15-23(17-25(16-22)34(2)39(3,36)37)29(35)32-13-12-20-8-10-24(30)11-9-20/h4-11,15-19H,12-14,31H2,1-3H3,(H,32,35)/t19-/m1/s1. The van der Waals surface area contributed by atoms with Crippen LogP contribution in [-0.4, -0.2) is 39.3 Å². The number of nitrogen functional groups attached to an aromatic ring is 1. The zero-order valence-corrected chi connectivity index (χ0v) is 22.8. The summed E-state index contributed by atoms with van der Waals surface area (Å²) < 4.78 is 44.4. The number of nitrogens with zero attached hydrogens (tertiary/aromatic N) is 2. The number of nitrogens with two attached hydrogens (primary N) is 1. The molecule has 0 aliphatic heterocycles. The molecule has 0 saturated carbocycles. The highest BCUT2D eigenvalue weighted by Crippen LogP contribution is 2.31. The summed E-state index contributed by atoms with van der Waals surface area (Å²) in [6.45, 7) is 2.33. The van der Waals surface area contributed by atoms with Crippen molar-refractivity contribution in [3.8, 4) is 11.3 Å². The lowest BCUT2D eigenvalue weighted by Crippen LogP contribution is -2.27. The molecule has 4 rings (SSSR count). The Labute approximate surface area is 227 Å². The van der Waals surface area contributed by atoms with Crippen LogP contribution in [0.15, 0.2) is 77.3 Å². The van der Waals surface area contributed by atoms with Crippen molar-refractivity contribution in [2.45, 2.75) is 25.7 Å². The number of sulfonamides is 1. The summed E-state index contributed by atoms with van der Waals surface area (Å²) in [5.41, 5.74) is 10.5. The summed E-state index contributed by atoms with van der Waals surface area (Å²) in [6.07, 6.45) is 2.26. The maximum atomic E-state index is 13.1. The van der Waals surface area contributed by atoms with Crippen LogP contribution in [0.2, 0.25) is 0 Å². The number of hydrogen-bond acceptors (Lipinski definition) is 6. The van der Waals surface area contributed by atoms with Gasteiger partial charge in [-0.05, 0) is 60.4 Å². The molecule has 39 heavy (non-hydrogen) atoms. The van der Waals surface area contributed by atoms with Gasteiger partial charge in [0.2, 0.25) is 10.0 Å². The summed E-state index contributed by atoms with van der Waals surface area (Å²) in [7, 11) is -2.17. The molecule has 3 aromatic carbocycles. The molecule has 0 aliphatic carbocycles. The molecule has 0 saturated heterocycles. The lowest BCUT2D eigenvalue weighted by atomic mass is 9.96. The van der Waals surface area contributed by atoms with E-state index in [1.165, 1.54) is 25.2 Å². The molecular formula is C29H31FN4O4S. The number of carbonyl (C=O) groups is 1. The zero-order valence-electron chi connectivity index (χ0n) is 22.0. The lowest BCUT2D eigenvalue weighted by molar-refractivity contribution is 0.0954. The topological polar surface area (TPSA) is 119 Å². The minimum atomic E-state index is -3.59. The van der Waals surface area contributed by atoms with Crippen LogP contribution in [0.3, 0.4) is 0 Å². The number of para-hydroxylation sites is 1. The van der Waals surface area contributed by atoms with Gasteiger partial charge >= 0.3 is 0 Å². The number of aromatic nitrogens is 1. The predicted octanol–water partition coefficient (Wildman–Crippen LogP) is 4.78. The molecule has 0 bridgehead atoms. The Bertz CT molecular complexity index is 1570. The van der Waals surface area contributed by atoms with E-state index in [9.17, 15) is 17.6 Å². The van der Waals surface area contributed by atoms with E-state index in [1.807, 2.05) is 31.2 Å². The van der Waals surface area contributed by atoms with Gasteiger partial charge in [-0.1, -0.05) is 42.4 Å². The summed E-state index contributed by atoms with van der Waals surface area (Å²) in [5.74, 6) is -0.295. The molecule has 204 valence electrons. The van der Waals surface area contributed by atoms with E-state index < -0.39 is 10.0 Å². The maximum absolute atomic E-state index is 13.1. The summed E-state index contributed by atoms with van der Waals surface area (Å²) in [4.78, 5) is 13.0. The first-order valence-corrected chi connectivity index (χ1v) is 14.3. The van der Waals surface area contributed by atoms with Gasteiger partial charge in [0.25, 0.3) is 5.91 Å². The molecule has 0 radical (unpaired) electrons. The van der Waals surface area contributed by atoms with Gasteiger partial charge in [-0.25, -0.2) is 12.8 Å². The highest BCUT2D eigenvalue weighted by atomic mass is 32.2. The van der Waals surface area contributed by atoms with E-state index in [2.05, 4.69) is 10.5 Å². The summed E-state index contributed by atoms with van der Waals surface area (Å²) >= 11 is 0. The van der Waals surface area contributed by atoms with Gasteiger partial charge in [0.05, 0.1) is 17.6 Å². The maximum Gasteiger partial charge on any atom is 0.251 e. The quantitative estimate of drug-likeness (QED) is 0.275. The van der Waals surface area contributed by atoms with Crippen molar-refractivity contribution in [2.75, 3.05) is 29.9 Å². The second kappa shape index (κ2) is 11.7. The van der Waals surface area contributed by atoms with E-state index in [1.54, 1.807) is 30.3 Å². The first kappa shape index (κ1) is 27.8. The Kier molecular flexibility index (Phi) is 8.35. The van der Waals surface area contributed by atoms with Gasteiger partial charge in [-0.15, -0.1) is 0 Å². The van der Waals surface area contributed by atoms with Crippen molar-refractivity contribution in [3.05, 3.63) is 101 Å². The van der Waals surface area contributed by atoms with Crippen LogP contribution < -0.4 is 15.4 Å². The first-order valence-electron chi connectivity index (χ1n) is 12.4. The van der Waals surface area contributed by atoms with Gasteiger partial charge in [-0.2, -0.15) is 0 Å². The van der Waals surface area contributed by atoms with Crippen molar-refractivity contribution in [1.29, 1.82) is 0 Å². The van der Waals surface area contributed by atoms with E-state index in [0.29, 0.717) is 47.8 Å². The SMILES string of the molecule is C[C@H](Cc1ccccc1N)c1cc(-c2cc(C(=O)NCCc3ccc(F)cc3)cc(N(C)S(C)(=O)=O)c2)on1. The minimum Gasteiger partial charge on any atom is -0.399 e. The Balaban J connectivity index is 1.57. The van der Waals surface area contributed by atoms with Crippen molar-refractivity contribution in [3.63, 3.8) is 0 Å². The third-order valence-electron chi connectivity index (χ3n) is 6.55. The molecule has 1 atom stereocenters. The van der Waals surface area contributed by atoms with Crippen molar-refractivity contribution >= 4 is 27.3 Å². The largest absolute Gasteiger partial charge is 0.399 e. The molecule has 0 fully saturated rings. The monoisotopic (exact) mass is 550 g/mol. The molecule has 1 heterocycles. The molecule has 0 spiro atoms. The lowest BCUT2D eigenvalue weighted by Gasteiger charge is -2.18. The highest BCUT2D eigenvalue weighted by Gasteiger charge is 2.20. The normalized spacial score (nSPS) is 12.2. The summed E-state index contributed by atoms with van der Waals surface area (Å²) in [5, 5.41) is 7.07. The molecule has 3 N–H and O–H groups in total. The average Bonchev–Trinajstić information content (AvgIpc) is 3.40. The van der Waals surface area contributed by atoms with Gasteiger partial charge in [0.1, 0.15) is 5.82 Å². The second-order valence-corrected chi connectivity index (χ2v) is 11.6. The number of halogens is 1. The van der Waals surface area contributed by atoms with Crippen LogP contribution in [0.5, 0.6) is 0 Å². The number of rotatable bonds is 10. The number of anilines is 2. The third-order valence-corrected chi connectivity index (χ3v) is 7.76. The fourth-order valence-corrected chi connectivity index (χ4v) is 4.63. The molecule has 10 heteroatoms. The van der Waals surface area contributed by atoms with Crippen LogP contribution in [0, 0.1) is 5.82 Å². The first-order chi connectivity index (χ1) is 18.5. The number of hydrogen-bond donors (Lipinski definition) is 2. The molecule has 1 aromatic heterocycles. The van der Waals surface area contributed by atoms with Gasteiger partial charge < -0.3 is 15.6 Å². The van der Waals surface area contributed by atoms with Crippen LogP contribution in [-0.2, 0) is 22.9 Å². The zero-order chi connectivity index (χ0) is 28.2. The highest BCUT2D eigenvalue weighted by molar-refractivity contribution is 7.92. The van der Waals surface area contributed by atoms with Crippen LogP contribution in [0.25, 0.3) is 11.3 Å². The van der Waals surface area contributed by atoms with Crippen molar-refractivity contribution in [1.82, 2.24) is 10.5 Å². The number of amides is 1. The molecule has 0 unspecified atom stereocenters. The smallest absolute Gasteiger partial charge is 0.251 e. The van der Waals surface area contributed by atoms with Gasteiger partial charge in [0.15, 0.2) is 5.76 Å². The Morgan fingerprint density at radius 1 is 1.10 bits per heavy atom. The van der Waals surface area contributed by atoms with E-state index in [4.69, 9.17) is 10.3 Å². The molecular weight excluding hydrogens is 519 g/mol. The molecule has 1 amide bonds. The number of benzene rings is 3. The van der Waals surface area contributed by atoms with E-state index in [-0.39, 0.29) is 23.2 Å². The third kappa shape index (κ3) is 7.02. The molecule has 4 aromatic rings. The molecule has 0 aliphatic rings. The second-order valence-electron chi connectivity index (χ2n) is 9.55. The Morgan fingerprint density at radius 3 is 2.51 bits per heavy atom.